The van der Waals surface area contributed by atoms with Crippen molar-refractivity contribution in [2.45, 2.75) is 25.2 Å². The summed E-state index contributed by atoms with van der Waals surface area (Å²) in [5.74, 6) is -0.526. The molecule has 2 heterocycles. The van der Waals surface area contributed by atoms with Crippen LogP contribution in [0.15, 0.2) is 71.9 Å². The van der Waals surface area contributed by atoms with Crippen LogP contribution in [0.2, 0.25) is 0 Å². The Morgan fingerprint density at radius 1 is 1.03 bits per heavy atom. The molecule has 0 bridgehead atoms. The minimum Gasteiger partial charge on any atom is -0.322 e. The van der Waals surface area contributed by atoms with Gasteiger partial charge in [0.15, 0.2) is 0 Å². The monoisotopic (exact) mass is 478 g/mol. The zero-order chi connectivity index (χ0) is 24.3. The Bertz CT molecular complexity index is 1320. The lowest BCUT2D eigenvalue weighted by atomic mass is 10.1. The third-order valence-electron chi connectivity index (χ3n) is 5.83. The molecular weight excluding hydrogens is 452 g/mol. The van der Waals surface area contributed by atoms with Gasteiger partial charge in [0.1, 0.15) is 0 Å². The van der Waals surface area contributed by atoms with Gasteiger partial charge in [-0.15, -0.1) is 0 Å². The van der Waals surface area contributed by atoms with Crippen LogP contribution in [0.25, 0.3) is 0 Å². The number of benzene rings is 2. The van der Waals surface area contributed by atoms with E-state index in [0.717, 1.165) is 5.56 Å². The molecule has 0 atom stereocenters. The van der Waals surface area contributed by atoms with Gasteiger partial charge in [-0.2, -0.15) is 4.31 Å². The number of nitrogens with one attached hydrogen (secondary N) is 1. The van der Waals surface area contributed by atoms with E-state index in [2.05, 4.69) is 10.3 Å². The van der Waals surface area contributed by atoms with Gasteiger partial charge in [-0.1, -0.05) is 19.9 Å². The van der Waals surface area contributed by atoms with Crippen molar-refractivity contribution in [3.63, 3.8) is 0 Å². The molecule has 1 N–H and O–H groups in total. The number of sulfonamides is 1. The normalized spacial score (nSPS) is 13.1. The highest BCUT2D eigenvalue weighted by Gasteiger charge is 2.29. The minimum atomic E-state index is -3.57. The number of aromatic nitrogens is 1. The van der Waals surface area contributed by atoms with Gasteiger partial charge in [0.25, 0.3) is 11.8 Å². The van der Waals surface area contributed by atoms with Gasteiger partial charge in [0.05, 0.1) is 10.5 Å². The molecule has 2 amide bonds. The summed E-state index contributed by atoms with van der Waals surface area (Å²) in [5.41, 5.74) is 2.87. The first-order valence-electron chi connectivity index (χ1n) is 11.1. The number of hydrogen-bond donors (Lipinski definition) is 1. The maximum absolute atomic E-state index is 13.3. The van der Waals surface area contributed by atoms with E-state index in [-0.39, 0.29) is 16.7 Å². The summed E-state index contributed by atoms with van der Waals surface area (Å²) in [6, 6.07) is 15.0. The number of carbonyl (C=O) groups excluding carboxylic acids is 2. The number of fused-ring (bicyclic) bond motifs is 1. The van der Waals surface area contributed by atoms with Crippen molar-refractivity contribution in [3.8, 4) is 0 Å². The molecule has 0 unspecified atom stereocenters. The fourth-order valence-electron chi connectivity index (χ4n) is 4.05. The van der Waals surface area contributed by atoms with Crippen molar-refractivity contribution < 1.29 is 18.0 Å². The van der Waals surface area contributed by atoms with Crippen LogP contribution in [0, 0.1) is 0 Å². The first-order valence-corrected chi connectivity index (χ1v) is 12.6. The molecule has 1 aliphatic heterocycles. The summed E-state index contributed by atoms with van der Waals surface area (Å²) in [4.78, 5) is 31.5. The van der Waals surface area contributed by atoms with Crippen molar-refractivity contribution in [2.24, 2.45) is 0 Å². The standard InChI is InChI=1S/C25H26N4O4S/c1-3-28(4-2)34(32,33)22-10-11-23-18(16-22)12-14-29(23)25(31)19-7-5-9-21(15-19)27-24(30)20-8-6-13-26-17-20/h5-11,13,15-17H,3-4,12,14H2,1-2H3,(H,27,30). The third kappa shape index (κ3) is 4.57. The van der Waals surface area contributed by atoms with E-state index in [4.69, 9.17) is 0 Å². The van der Waals surface area contributed by atoms with E-state index in [0.29, 0.717) is 48.6 Å². The maximum Gasteiger partial charge on any atom is 0.258 e. The third-order valence-corrected chi connectivity index (χ3v) is 7.87. The second-order valence-electron chi connectivity index (χ2n) is 7.86. The molecule has 3 aromatic rings. The molecule has 1 aromatic heterocycles. The number of pyridine rings is 1. The van der Waals surface area contributed by atoms with Crippen LogP contribution in [0.4, 0.5) is 11.4 Å². The Hall–Kier alpha value is -3.56. The van der Waals surface area contributed by atoms with Crippen molar-refractivity contribution in [2.75, 3.05) is 29.9 Å². The van der Waals surface area contributed by atoms with Crippen LogP contribution in [-0.4, -0.2) is 49.2 Å². The number of rotatable bonds is 7. The first kappa shape index (κ1) is 23.6. The Kier molecular flexibility index (Phi) is 6.76. The molecule has 0 fully saturated rings. The van der Waals surface area contributed by atoms with Crippen LogP contribution in [0.3, 0.4) is 0 Å². The van der Waals surface area contributed by atoms with Crippen LogP contribution in [0.5, 0.6) is 0 Å². The number of carbonyl (C=O) groups is 2. The lowest BCUT2D eigenvalue weighted by Gasteiger charge is -2.20. The van der Waals surface area contributed by atoms with Crippen molar-refractivity contribution in [1.82, 2.24) is 9.29 Å². The van der Waals surface area contributed by atoms with Crippen molar-refractivity contribution in [3.05, 3.63) is 83.7 Å². The van der Waals surface area contributed by atoms with E-state index >= 15 is 0 Å². The lowest BCUT2D eigenvalue weighted by molar-refractivity contribution is 0.0986. The van der Waals surface area contributed by atoms with Gasteiger partial charge in [0, 0.05) is 49.0 Å². The molecule has 0 radical (unpaired) electrons. The molecule has 1 aliphatic rings. The van der Waals surface area contributed by atoms with E-state index in [9.17, 15) is 18.0 Å². The Morgan fingerprint density at radius 3 is 2.50 bits per heavy atom. The number of amides is 2. The van der Waals surface area contributed by atoms with Crippen LogP contribution in [0.1, 0.15) is 40.1 Å². The molecule has 4 rings (SSSR count). The Balaban J connectivity index is 1.55. The van der Waals surface area contributed by atoms with Gasteiger partial charge in [-0.25, -0.2) is 8.42 Å². The molecule has 0 spiro atoms. The quantitative estimate of drug-likeness (QED) is 0.560. The summed E-state index contributed by atoms with van der Waals surface area (Å²) >= 11 is 0. The topological polar surface area (TPSA) is 99.7 Å². The van der Waals surface area contributed by atoms with E-state index in [1.807, 2.05) is 13.8 Å². The molecule has 34 heavy (non-hydrogen) atoms. The number of hydrogen-bond acceptors (Lipinski definition) is 5. The average Bonchev–Trinajstić information content (AvgIpc) is 3.28. The number of anilines is 2. The maximum atomic E-state index is 13.3. The molecular formula is C25H26N4O4S. The van der Waals surface area contributed by atoms with Crippen molar-refractivity contribution in [1.29, 1.82) is 0 Å². The minimum absolute atomic E-state index is 0.212. The molecule has 0 saturated heterocycles. The van der Waals surface area contributed by atoms with Gasteiger partial charge in [-0.3, -0.25) is 14.6 Å². The zero-order valence-electron chi connectivity index (χ0n) is 19.1. The fraction of sp³-hybridized carbons (Fsp3) is 0.240. The van der Waals surface area contributed by atoms with Crippen LogP contribution in [-0.2, 0) is 16.4 Å². The van der Waals surface area contributed by atoms with Gasteiger partial charge >= 0.3 is 0 Å². The van der Waals surface area contributed by atoms with Gasteiger partial charge in [-0.05, 0) is 60.5 Å². The summed E-state index contributed by atoms with van der Waals surface area (Å²) < 4.78 is 27.1. The molecule has 9 heteroatoms. The first-order chi connectivity index (χ1) is 16.3. The highest BCUT2D eigenvalue weighted by molar-refractivity contribution is 7.89. The highest BCUT2D eigenvalue weighted by Crippen LogP contribution is 2.32. The summed E-state index contributed by atoms with van der Waals surface area (Å²) in [6.07, 6.45) is 3.63. The largest absolute Gasteiger partial charge is 0.322 e. The predicted molar refractivity (Wildman–Crippen MR) is 131 cm³/mol. The van der Waals surface area contributed by atoms with Crippen LogP contribution >= 0.6 is 0 Å². The summed E-state index contributed by atoms with van der Waals surface area (Å²) in [7, 11) is -3.57. The number of nitrogens with zero attached hydrogens (tertiary/aromatic N) is 3. The van der Waals surface area contributed by atoms with E-state index < -0.39 is 10.0 Å². The second kappa shape index (κ2) is 9.74. The SMILES string of the molecule is CCN(CC)S(=O)(=O)c1ccc2c(c1)CCN2C(=O)c1cccc(NC(=O)c2cccnc2)c1. The van der Waals surface area contributed by atoms with Gasteiger partial charge < -0.3 is 10.2 Å². The molecule has 0 aliphatic carbocycles. The summed E-state index contributed by atoms with van der Waals surface area (Å²) in [6.45, 7) is 4.86. The second-order valence-corrected chi connectivity index (χ2v) is 9.80. The smallest absolute Gasteiger partial charge is 0.258 e. The predicted octanol–water partition coefficient (Wildman–Crippen LogP) is 3.57. The highest BCUT2D eigenvalue weighted by atomic mass is 32.2. The molecule has 176 valence electrons. The fourth-order valence-corrected chi connectivity index (χ4v) is 5.56. The average molecular weight is 479 g/mol. The Labute approximate surface area is 199 Å². The van der Waals surface area contributed by atoms with Crippen LogP contribution < -0.4 is 10.2 Å². The van der Waals surface area contributed by atoms with Crippen molar-refractivity contribution >= 4 is 33.2 Å². The zero-order valence-corrected chi connectivity index (χ0v) is 19.9. The molecule has 2 aromatic carbocycles. The van der Waals surface area contributed by atoms with E-state index in [1.54, 1.807) is 65.7 Å². The van der Waals surface area contributed by atoms with E-state index in [1.165, 1.54) is 10.5 Å². The van der Waals surface area contributed by atoms with Gasteiger partial charge in [0.2, 0.25) is 10.0 Å². The molecule has 8 nitrogen and oxygen atoms in total. The lowest BCUT2D eigenvalue weighted by Crippen LogP contribution is -2.30. The Morgan fingerprint density at radius 2 is 1.79 bits per heavy atom. The summed E-state index contributed by atoms with van der Waals surface area (Å²) in [5, 5.41) is 2.79. The molecule has 0 saturated carbocycles.